The molecule has 0 aromatic rings. The summed E-state index contributed by atoms with van der Waals surface area (Å²) in [5, 5.41) is 0. The summed E-state index contributed by atoms with van der Waals surface area (Å²) in [5.41, 5.74) is 0.00562. The number of hydrogen-bond acceptors (Lipinski definition) is 2. The van der Waals surface area contributed by atoms with Gasteiger partial charge in [0.25, 0.3) is 0 Å². The van der Waals surface area contributed by atoms with Gasteiger partial charge in [0, 0.05) is 5.41 Å². The molecule has 0 amide bonds. The fraction of sp³-hybridized carbons (Fsp3) is 0.889. The van der Waals surface area contributed by atoms with Crippen LogP contribution in [-0.4, -0.2) is 19.5 Å². The largest absolute Gasteiger partial charge is 0.352 e. The van der Waals surface area contributed by atoms with Crippen LogP contribution in [0.15, 0.2) is 0 Å². The lowest BCUT2D eigenvalue weighted by molar-refractivity contribution is -0.220. The Hall–Kier alpha value is -0.0800. The molecule has 2 nitrogen and oxygen atoms in total. The SMILES string of the molecule is [CH2]C1(CC)COC(CC)OC1. The van der Waals surface area contributed by atoms with Crippen LogP contribution >= 0.6 is 0 Å². The van der Waals surface area contributed by atoms with Crippen LogP contribution < -0.4 is 0 Å². The van der Waals surface area contributed by atoms with Gasteiger partial charge >= 0.3 is 0 Å². The molecular weight excluding hydrogens is 140 g/mol. The molecule has 0 atom stereocenters. The normalized spacial score (nSPS) is 39.0. The Kier molecular flexibility index (Phi) is 2.90. The predicted molar refractivity (Wildman–Crippen MR) is 44.1 cm³/mol. The van der Waals surface area contributed by atoms with Crippen molar-refractivity contribution in [3.8, 4) is 0 Å². The average molecular weight is 157 g/mol. The molecule has 0 spiro atoms. The van der Waals surface area contributed by atoms with Gasteiger partial charge < -0.3 is 9.47 Å². The molecular formula is C9H17O2. The van der Waals surface area contributed by atoms with Crippen LogP contribution in [0.3, 0.4) is 0 Å². The molecule has 11 heavy (non-hydrogen) atoms. The fourth-order valence-corrected chi connectivity index (χ4v) is 1.07. The summed E-state index contributed by atoms with van der Waals surface area (Å²) < 4.78 is 10.9. The Morgan fingerprint density at radius 3 is 2.27 bits per heavy atom. The van der Waals surface area contributed by atoms with Gasteiger partial charge in [-0.25, -0.2) is 0 Å². The molecule has 0 unspecified atom stereocenters. The Morgan fingerprint density at radius 2 is 1.91 bits per heavy atom. The van der Waals surface area contributed by atoms with E-state index in [9.17, 15) is 0 Å². The van der Waals surface area contributed by atoms with Crippen molar-refractivity contribution >= 4 is 0 Å². The highest BCUT2D eigenvalue weighted by molar-refractivity contribution is 4.82. The zero-order chi connectivity index (χ0) is 8.32. The van der Waals surface area contributed by atoms with Gasteiger partial charge in [-0.15, -0.1) is 0 Å². The lowest BCUT2D eigenvalue weighted by Gasteiger charge is -2.36. The Bertz CT molecular complexity index is 115. The first-order valence-electron chi connectivity index (χ1n) is 4.29. The van der Waals surface area contributed by atoms with Crippen molar-refractivity contribution in [2.24, 2.45) is 5.41 Å². The van der Waals surface area contributed by atoms with E-state index < -0.39 is 0 Å². The summed E-state index contributed by atoms with van der Waals surface area (Å²) in [7, 11) is 0. The second-order valence-electron chi connectivity index (χ2n) is 3.31. The molecule has 1 saturated heterocycles. The van der Waals surface area contributed by atoms with Crippen LogP contribution in [0, 0.1) is 12.3 Å². The molecule has 0 aromatic heterocycles. The smallest absolute Gasteiger partial charge is 0.157 e. The van der Waals surface area contributed by atoms with Crippen LogP contribution in [0.1, 0.15) is 26.7 Å². The molecule has 2 heteroatoms. The molecule has 0 bridgehead atoms. The van der Waals surface area contributed by atoms with Crippen molar-refractivity contribution in [1.29, 1.82) is 0 Å². The van der Waals surface area contributed by atoms with Crippen molar-refractivity contribution in [3.05, 3.63) is 6.92 Å². The first-order valence-corrected chi connectivity index (χ1v) is 4.29. The maximum absolute atomic E-state index is 5.45. The van der Waals surface area contributed by atoms with Gasteiger partial charge in [0.2, 0.25) is 0 Å². The molecule has 1 heterocycles. The van der Waals surface area contributed by atoms with E-state index in [4.69, 9.17) is 9.47 Å². The first kappa shape index (κ1) is 9.01. The number of ether oxygens (including phenoxy) is 2. The van der Waals surface area contributed by atoms with E-state index in [1.54, 1.807) is 0 Å². The van der Waals surface area contributed by atoms with Crippen LogP contribution in [0.5, 0.6) is 0 Å². The van der Waals surface area contributed by atoms with E-state index in [1.807, 2.05) is 0 Å². The van der Waals surface area contributed by atoms with Crippen LogP contribution in [-0.2, 0) is 9.47 Å². The number of hydrogen-bond donors (Lipinski definition) is 0. The van der Waals surface area contributed by atoms with Crippen molar-refractivity contribution in [2.45, 2.75) is 33.0 Å². The molecule has 1 fully saturated rings. The van der Waals surface area contributed by atoms with E-state index in [0.29, 0.717) is 0 Å². The summed E-state index contributed by atoms with van der Waals surface area (Å²) in [5.74, 6) is 0. The van der Waals surface area contributed by atoms with Crippen molar-refractivity contribution in [2.75, 3.05) is 13.2 Å². The highest BCUT2D eigenvalue weighted by atomic mass is 16.7. The van der Waals surface area contributed by atoms with Crippen LogP contribution in [0.25, 0.3) is 0 Å². The molecule has 0 aromatic carbocycles. The molecule has 0 aliphatic carbocycles. The summed E-state index contributed by atoms with van der Waals surface area (Å²) in [6.45, 7) is 9.72. The molecule has 1 radical (unpaired) electrons. The predicted octanol–water partition coefficient (Wildman–Crippen LogP) is 2.00. The molecule has 1 aliphatic heterocycles. The van der Waals surface area contributed by atoms with E-state index in [-0.39, 0.29) is 11.7 Å². The van der Waals surface area contributed by atoms with Crippen molar-refractivity contribution in [3.63, 3.8) is 0 Å². The minimum absolute atomic E-state index is 0.00562. The Balaban J connectivity index is 2.35. The maximum Gasteiger partial charge on any atom is 0.157 e. The Labute approximate surface area is 68.9 Å². The molecule has 1 rings (SSSR count). The monoisotopic (exact) mass is 157 g/mol. The van der Waals surface area contributed by atoms with E-state index in [0.717, 1.165) is 26.1 Å². The highest BCUT2D eigenvalue weighted by Gasteiger charge is 2.30. The number of rotatable bonds is 2. The molecule has 0 N–H and O–H groups in total. The van der Waals surface area contributed by atoms with Gasteiger partial charge in [-0.05, 0) is 19.8 Å². The third-order valence-electron chi connectivity index (χ3n) is 2.23. The van der Waals surface area contributed by atoms with Gasteiger partial charge in [0.1, 0.15) is 0 Å². The van der Waals surface area contributed by atoms with E-state index in [2.05, 4.69) is 20.8 Å². The minimum atomic E-state index is 0.00562. The fourth-order valence-electron chi connectivity index (χ4n) is 1.07. The van der Waals surface area contributed by atoms with Crippen LogP contribution in [0.2, 0.25) is 0 Å². The molecule has 1 aliphatic rings. The second-order valence-corrected chi connectivity index (χ2v) is 3.31. The standard InChI is InChI=1S/C9H17O2/c1-4-8-10-6-9(3,5-2)7-11-8/h8H,3-7H2,1-2H3. The summed E-state index contributed by atoms with van der Waals surface area (Å²) in [6, 6.07) is 0. The molecule has 0 saturated carbocycles. The zero-order valence-electron chi connectivity index (χ0n) is 7.43. The van der Waals surface area contributed by atoms with Gasteiger partial charge in [-0.3, -0.25) is 0 Å². The van der Waals surface area contributed by atoms with Gasteiger partial charge in [0.05, 0.1) is 13.2 Å². The summed E-state index contributed by atoms with van der Waals surface area (Å²) >= 11 is 0. The van der Waals surface area contributed by atoms with E-state index >= 15 is 0 Å². The van der Waals surface area contributed by atoms with Crippen molar-refractivity contribution < 1.29 is 9.47 Å². The van der Waals surface area contributed by atoms with E-state index in [1.165, 1.54) is 0 Å². The van der Waals surface area contributed by atoms with Crippen LogP contribution in [0.4, 0.5) is 0 Å². The summed E-state index contributed by atoms with van der Waals surface area (Å²) in [4.78, 5) is 0. The quantitative estimate of drug-likeness (QED) is 0.610. The van der Waals surface area contributed by atoms with Crippen molar-refractivity contribution in [1.82, 2.24) is 0 Å². The van der Waals surface area contributed by atoms with Gasteiger partial charge in [-0.1, -0.05) is 13.8 Å². The minimum Gasteiger partial charge on any atom is -0.352 e. The molecule has 65 valence electrons. The van der Waals surface area contributed by atoms with Gasteiger partial charge in [0.15, 0.2) is 6.29 Å². The second kappa shape index (κ2) is 3.55. The topological polar surface area (TPSA) is 18.5 Å². The lowest BCUT2D eigenvalue weighted by atomic mass is 9.89. The maximum atomic E-state index is 5.45. The van der Waals surface area contributed by atoms with Gasteiger partial charge in [-0.2, -0.15) is 0 Å². The summed E-state index contributed by atoms with van der Waals surface area (Å²) in [6.07, 6.45) is 1.96. The highest BCUT2D eigenvalue weighted by Crippen LogP contribution is 2.27. The third kappa shape index (κ3) is 2.17. The Morgan fingerprint density at radius 1 is 1.36 bits per heavy atom. The third-order valence-corrected chi connectivity index (χ3v) is 2.23. The zero-order valence-corrected chi connectivity index (χ0v) is 7.43. The average Bonchev–Trinajstić information content (AvgIpc) is 2.06. The lowest BCUT2D eigenvalue weighted by Crippen LogP contribution is -2.39. The first-order chi connectivity index (χ1) is 5.20.